The molecule has 1 N–H and O–H groups in total. The number of benzene rings is 2. The van der Waals surface area contributed by atoms with E-state index in [0.29, 0.717) is 0 Å². The number of thiophene rings is 1. The fourth-order valence-electron chi connectivity index (χ4n) is 2.75. The fourth-order valence-corrected chi connectivity index (χ4v) is 3.83. The second-order valence-corrected chi connectivity index (χ2v) is 7.07. The lowest BCUT2D eigenvalue weighted by atomic mass is 10.1. The molecular formula is C21H18N4S. The Morgan fingerprint density at radius 1 is 0.962 bits per heavy atom. The van der Waals surface area contributed by atoms with Gasteiger partial charge in [-0.2, -0.15) is 5.10 Å². The van der Waals surface area contributed by atoms with Gasteiger partial charge in [-0.05, 0) is 36.6 Å². The van der Waals surface area contributed by atoms with Gasteiger partial charge in [0.05, 0.1) is 11.6 Å². The Bertz CT molecular complexity index is 1080. The average Bonchev–Trinajstić information content (AvgIpc) is 3.08. The number of anilines is 1. The van der Waals surface area contributed by atoms with E-state index in [1.165, 1.54) is 16.0 Å². The molecule has 0 bridgehead atoms. The number of aryl methyl sites for hydroxylation is 2. The molecule has 2 aromatic carbocycles. The predicted octanol–water partition coefficient (Wildman–Crippen LogP) is 5.42. The lowest BCUT2D eigenvalue weighted by Gasteiger charge is -2.03. The van der Waals surface area contributed by atoms with E-state index in [9.17, 15) is 0 Å². The standard InChI is InChI=1S/C21H18N4S/c1-14-8-6-7-11-17(14)13-22-25-20-18-12-19(16-9-4-3-5-10-16)26-21(18)24-15(2)23-20/h3-13H,1-2H3,(H,23,24,25)/b22-13-. The van der Waals surface area contributed by atoms with E-state index in [-0.39, 0.29) is 0 Å². The highest BCUT2D eigenvalue weighted by atomic mass is 32.1. The van der Waals surface area contributed by atoms with Crippen LogP contribution in [0.5, 0.6) is 0 Å². The minimum Gasteiger partial charge on any atom is -0.261 e. The summed E-state index contributed by atoms with van der Waals surface area (Å²) in [5.74, 6) is 1.46. The highest BCUT2D eigenvalue weighted by molar-refractivity contribution is 7.21. The zero-order valence-electron chi connectivity index (χ0n) is 14.6. The number of fused-ring (bicyclic) bond motifs is 1. The van der Waals surface area contributed by atoms with Gasteiger partial charge in [0.25, 0.3) is 0 Å². The third kappa shape index (κ3) is 3.34. The Balaban J connectivity index is 1.68. The van der Waals surface area contributed by atoms with Gasteiger partial charge >= 0.3 is 0 Å². The van der Waals surface area contributed by atoms with Crippen LogP contribution in [0.3, 0.4) is 0 Å². The van der Waals surface area contributed by atoms with Crippen LogP contribution in [0, 0.1) is 13.8 Å². The summed E-state index contributed by atoms with van der Waals surface area (Å²) in [6.07, 6.45) is 1.82. The van der Waals surface area contributed by atoms with E-state index in [1.54, 1.807) is 11.3 Å². The van der Waals surface area contributed by atoms with Crippen LogP contribution in [-0.4, -0.2) is 16.2 Å². The van der Waals surface area contributed by atoms with Crippen molar-refractivity contribution in [2.24, 2.45) is 5.10 Å². The van der Waals surface area contributed by atoms with Gasteiger partial charge in [-0.3, -0.25) is 5.43 Å². The molecular weight excluding hydrogens is 340 g/mol. The van der Waals surface area contributed by atoms with E-state index in [0.717, 1.165) is 27.4 Å². The molecule has 0 radical (unpaired) electrons. The normalized spacial score (nSPS) is 11.3. The largest absolute Gasteiger partial charge is 0.261 e. The van der Waals surface area contributed by atoms with E-state index in [2.05, 4.69) is 51.7 Å². The first kappa shape index (κ1) is 16.4. The molecule has 4 nitrogen and oxygen atoms in total. The van der Waals surface area contributed by atoms with Gasteiger partial charge in [0, 0.05) is 4.88 Å². The molecule has 2 aromatic heterocycles. The van der Waals surface area contributed by atoms with E-state index < -0.39 is 0 Å². The molecule has 0 aliphatic rings. The molecule has 0 spiro atoms. The molecule has 26 heavy (non-hydrogen) atoms. The molecule has 2 heterocycles. The van der Waals surface area contributed by atoms with E-state index in [4.69, 9.17) is 0 Å². The number of hydrogen-bond donors (Lipinski definition) is 1. The second kappa shape index (κ2) is 7.06. The quantitative estimate of drug-likeness (QED) is 0.391. The van der Waals surface area contributed by atoms with Crippen molar-refractivity contribution in [3.63, 3.8) is 0 Å². The molecule has 4 aromatic rings. The fraction of sp³-hybridized carbons (Fsp3) is 0.0952. The third-order valence-corrected chi connectivity index (χ3v) is 5.20. The summed E-state index contributed by atoms with van der Waals surface area (Å²) in [4.78, 5) is 11.2. The smallest absolute Gasteiger partial charge is 0.158 e. The molecule has 0 atom stereocenters. The van der Waals surface area contributed by atoms with Crippen molar-refractivity contribution in [1.82, 2.24) is 9.97 Å². The van der Waals surface area contributed by atoms with Crippen LogP contribution in [0.25, 0.3) is 20.7 Å². The minimum absolute atomic E-state index is 0.729. The van der Waals surface area contributed by atoms with Crippen molar-refractivity contribution in [3.8, 4) is 10.4 Å². The average molecular weight is 358 g/mol. The van der Waals surface area contributed by atoms with Crippen LogP contribution in [0.4, 0.5) is 5.82 Å². The number of nitrogens with one attached hydrogen (secondary N) is 1. The molecule has 0 aliphatic heterocycles. The first-order chi connectivity index (χ1) is 12.7. The molecule has 0 saturated carbocycles. The van der Waals surface area contributed by atoms with E-state index >= 15 is 0 Å². The Morgan fingerprint density at radius 3 is 2.54 bits per heavy atom. The molecule has 128 valence electrons. The molecule has 0 unspecified atom stereocenters. The maximum absolute atomic E-state index is 4.58. The maximum Gasteiger partial charge on any atom is 0.158 e. The van der Waals surface area contributed by atoms with Crippen molar-refractivity contribution in [2.45, 2.75) is 13.8 Å². The van der Waals surface area contributed by atoms with Crippen molar-refractivity contribution in [2.75, 3.05) is 5.43 Å². The summed E-state index contributed by atoms with van der Waals surface area (Å²) in [5.41, 5.74) is 6.54. The zero-order chi connectivity index (χ0) is 17.9. The van der Waals surface area contributed by atoms with Gasteiger partial charge in [-0.1, -0.05) is 54.6 Å². The van der Waals surface area contributed by atoms with Crippen molar-refractivity contribution < 1.29 is 0 Å². The molecule has 0 saturated heterocycles. The Morgan fingerprint density at radius 2 is 1.73 bits per heavy atom. The van der Waals surface area contributed by atoms with Gasteiger partial charge < -0.3 is 0 Å². The van der Waals surface area contributed by atoms with Gasteiger partial charge in [0.15, 0.2) is 5.82 Å². The lowest BCUT2D eigenvalue weighted by Crippen LogP contribution is -1.98. The first-order valence-electron chi connectivity index (χ1n) is 8.39. The van der Waals surface area contributed by atoms with Crippen LogP contribution < -0.4 is 5.43 Å². The number of hydrogen-bond acceptors (Lipinski definition) is 5. The first-order valence-corrected chi connectivity index (χ1v) is 9.21. The second-order valence-electron chi connectivity index (χ2n) is 6.04. The third-order valence-electron chi connectivity index (χ3n) is 4.13. The molecule has 0 aliphatic carbocycles. The topological polar surface area (TPSA) is 50.2 Å². The van der Waals surface area contributed by atoms with Gasteiger partial charge in [-0.15, -0.1) is 11.3 Å². The SMILES string of the molecule is Cc1nc(N/N=C\c2ccccc2C)c2cc(-c3ccccc3)sc2n1. The number of aromatic nitrogens is 2. The highest BCUT2D eigenvalue weighted by Crippen LogP contribution is 2.35. The minimum atomic E-state index is 0.729. The van der Waals surface area contributed by atoms with Gasteiger partial charge in [-0.25, -0.2) is 9.97 Å². The van der Waals surface area contributed by atoms with Gasteiger partial charge in [0.2, 0.25) is 0 Å². The van der Waals surface area contributed by atoms with Gasteiger partial charge in [0.1, 0.15) is 10.7 Å². The summed E-state index contributed by atoms with van der Waals surface area (Å²) >= 11 is 1.67. The molecule has 0 amide bonds. The van der Waals surface area contributed by atoms with Crippen LogP contribution in [0.2, 0.25) is 0 Å². The zero-order valence-corrected chi connectivity index (χ0v) is 15.4. The summed E-state index contributed by atoms with van der Waals surface area (Å²) in [7, 11) is 0. The lowest BCUT2D eigenvalue weighted by molar-refractivity contribution is 1.09. The Hall–Kier alpha value is -3.05. The van der Waals surface area contributed by atoms with Crippen LogP contribution in [0.15, 0.2) is 65.8 Å². The summed E-state index contributed by atoms with van der Waals surface area (Å²) in [6.45, 7) is 3.97. The Kier molecular flexibility index (Phi) is 4.46. The predicted molar refractivity (Wildman–Crippen MR) is 110 cm³/mol. The monoisotopic (exact) mass is 358 g/mol. The van der Waals surface area contributed by atoms with Crippen LogP contribution >= 0.6 is 11.3 Å². The number of nitrogens with zero attached hydrogens (tertiary/aromatic N) is 3. The molecule has 5 heteroatoms. The number of rotatable bonds is 4. The summed E-state index contributed by atoms with van der Waals surface area (Å²) in [5, 5.41) is 5.37. The van der Waals surface area contributed by atoms with Crippen LogP contribution in [-0.2, 0) is 0 Å². The summed E-state index contributed by atoms with van der Waals surface area (Å²) < 4.78 is 0. The maximum atomic E-state index is 4.58. The summed E-state index contributed by atoms with van der Waals surface area (Å²) in [6, 6.07) is 20.6. The highest BCUT2D eigenvalue weighted by Gasteiger charge is 2.11. The van der Waals surface area contributed by atoms with Crippen molar-refractivity contribution >= 4 is 33.6 Å². The Labute approximate surface area is 156 Å². The van der Waals surface area contributed by atoms with Crippen LogP contribution in [0.1, 0.15) is 17.0 Å². The van der Waals surface area contributed by atoms with Crippen molar-refractivity contribution in [3.05, 3.63) is 77.6 Å². The molecule has 0 fully saturated rings. The molecule has 4 rings (SSSR count). The van der Waals surface area contributed by atoms with Crippen molar-refractivity contribution in [1.29, 1.82) is 0 Å². The van der Waals surface area contributed by atoms with E-state index in [1.807, 2.05) is 49.5 Å². The number of hydrazone groups is 1.